The number of nitriles is 1. The number of halogens is 2. The van der Waals surface area contributed by atoms with Gasteiger partial charge in [0.1, 0.15) is 11.8 Å². The normalized spacial score (nSPS) is 10.5. The maximum atomic E-state index is 9.42. The Morgan fingerprint density at radius 1 is 0.958 bits per heavy atom. The van der Waals surface area contributed by atoms with Crippen LogP contribution >= 0.6 is 23.2 Å². The van der Waals surface area contributed by atoms with E-state index in [1.54, 1.807) is 6.07 Å². The molecule has 0 saturated carbocycles. The van der Waals surface area contributed by atoms with E-state index < -0.39 is 0 Å². The molecular formula is C19H15Cl2N3. The van der Waals surface area contributed by atoms with Crippen molar-refractivity contribution in [3.63, 3.8) is 0 Å². The summed E-state index contributed by atoms with van der Waals surface area (Å²) >= 11 is 12.0. The Morgan fingerprint density at radius 3 is 2.38 bits per heavy atom. The summed E-state index contributed by atoms with van der Waals surface area (Å²) in [6.45, 7) is 0.563. The van der Waals surface area contributed by atoms with Crippen molar-refractivity contribution in [2.45, 2.75) is 13.0 Å². The van der Waals surface area contributed by atoms with Gasteiger partial charge in [-0.15, -0.1) is 0 Å². The average molecular weight is 356 g/mol. The third kappa shape index (κ3) is 3.56. The predicted molar refractivity (Wildman–Crippen MR) is 98.4 cm³/mol. The highest BCUT2D eigenvalue weighted by Gasteiger charge is 2.14. The minimum Gasteiger partial charge on any atom is -0.397 e. The van der Waals surface area contributed by atoms with Crippen molar-refractivity contribution in [2.24, 2.45) is 0 Å². The number of anilines is 1. The third-order valence-electron chi connectivity index (χ3n) is 3.87. The highest BCUT2D eigenvalue weighted by Crippen LogP contribution is 2.24. The molecule has 3 rings (SSSR count). The minimum absolute atomic E-state index is 0.541. The van der Waals surface area contributed by atoms with Gasteiger partial charge in [-0.3, -0.25) is 0 Å². The molecule has 0 fully saturated rings. The molecule has 3 aromatic rings. The molecule has 0 atom stereocenters. The molecule has 1 heterocycles. The van der Waals surface area contributed by atoms with E-state index >= 15 is 0 Å². The molecule has 0 bridgehead atoms. The second-order valence-corrected chi connectivity index (χ2v) is 6.44. The van der Waals surface area contributed by atoms with E-state index in [1.807, 2.05) is 53.1 Å². The van der Waals surface area contributed by atoms with E-state index in [9.17, 15) is 5.26 Å². The van der Waals surface area contributed by atoms with E-state index in [1.165, 1.54) is 0 Å². The SMILES string of the molecule is N#Cc1cc(N)c(Cc2cccc(Cl)c2)n1Cc1ccc(Cl)cc1. The van der Waals surface area contributed by atoms with Gasteiger partial charge in [0, 0.05) is 28.7 Å². The van der Waals surface area contributed by atoms with Crippen LogP contribution in [0.3, 0.4) is 0 Å². The Kier molecular flexibility index (Phi) is 4.80. The van der Waals surface area contributed by atoms with Crippen molar-refractivity contribution in [1.82, 2.24) is 4.57 Å². The zero-order chi connectivity index (χ0) is 17.1. The smallest absolute Gasteiger partial charge is 0.122 e. The summed E-state index contributed by atoms with van der Waals surface area (Å²) in [5.41, 5.74) is 10.3. The number of nitrogens with two attached hydrogens (primary N) is 1. The van der Waals surface area contributed by atoms with Gasteiger partial charge in [0.2, 0.25) is 0 Å². The summed E-state index contributed by atoms with van der Waals surface area (Å²) < 4.78 is 1.94. The molecular weight excluding hydrogens is 341 g/mol. The summed E-state index contributed by atoms with van der Waals surface area (Å²) in [5.74, 6) is 0. The van der Waals surface area contributed by atoms with Crippen LogP contribution in [0, 0.1) is 11.3 Å². The lowest BCUT2D eigenvalue weighted by Crippen LogP contribution is -2.08. The van der Waals surface area contributed by atoms with Gasteiger partial charge in [-0.2, -0.15) is 5.26 Å². The first-order valence-corrected chi connectivity index (χ1v) is 8.19. The molecule has 0 amide bonds. The number of aromatic nitrogens is 1. The molecule has 0 spiro atoms. The van der Waals surface area contributed by atoms with E-state index in [4.69, 9.17) is 28.9 Å². The van der Waals surface area contributed by atoms with Crippen LogP contribution in [0.4, 0.5) is 5.69 Å². The van der Waals surface area contributed by atoms with Crippen molar-refractivity contribution in [1.29, 1.82) is 5.26 Å². The first kappa shape index (κ1) is 16.4. The molecule has 120 valence electrons. The van der Waals surface area contributed by atoms with Gasteiger partial charge in [0.05, 0.1) is 5.69 Å². The van der Waals surface area contributed by atoms with Gasteiger partial charge in [-0.25, -0.2) is 0 Å². The molecule has 0 saturated heterocycles. The first-order valence-electron chi connectivity index (χ1n) is 7.43. The lowest BCUT2D eigenvalue weighted by molar-refractivity contribution is 0.749. The fourth-order valence-electron chi connectivity index (χ4n) is 2.69. The maximum absolute atomic E-state index is 9.42. The maximum Gasteiger partial charge on any atom is 0.122 e. The van der Waals surface area contributed by atoms with Crippen LogP contribution in [0.2, 0.25) is 10.0 Å². The second kappa shape index (κ2) is 7.00. The van der Waals surface area contributed by atoms with Crippen LogP contribution in [0.15, 0.2) is 54.6 Å². The van der Waals surface area contributed by atoms with Gasteiger partial charge in [0.15, 0.2) is 0 Å². The van der Waals surface area contributed by atoms with Crippen molar-refractivity contribution in [3.8, 4) is 6.07 Å². The topological polar surface area (TPSA) is 54.7 Å². The van der Waals surface area contributed by atoms with Crippen LogP contribution in [0.25, 0.3) is 0 Å². The quantitative estimate of drug-likeness (QED) is 0.724. The second-order valence-electron chi connectivity index (χ2n) is 5.56. The molecule has 3 nitrogen and oxygen atoms in total. The summed E-state index contributed by atoms with van der Waals surface area (Å²) in [7, 11) is 0. The number of nitrogens with zero attached hydrogens (tertiary/aromatic N) is 2. The highest BCUT2D eigenvalue weighted by atomic mass is 35.5. The standard InChI is InChI=1S/C19H15Cl2N3/c20-15-6-4-13(5-7-15)12-24-17(11-22)10-18(23)19(24)9-14-2-1-3-16(21)8-14/h1-8,10H,9,12,23H2. The van der Waals surface area contributed by atoms with Gasteiger partial charge in [-0.1, -0.05) is 47.5 Å². The number of benzene rings is 2. The van der Waals surface area contributed by atoms with Crippen LogP contribution in [-0.4, -0.2) is 4.57 Å². The lowest BCUT2D eigenvalue weighted by Gasteiger charge is -2.12. The third-order valence-corrected chi connectivity index (χ3v) is 4.36. The zero-order valence-electron chi connectivity index (χ0n) is 12.8. The molecule has 0 radical (unpaired) electrons. The van der Waals surface area contributed by atoms with Gasteiger partial charge < -0.3 is 10.3 Å². The van der Waals surface area contributed by atoms with Crippen LogP contribution in [0.1, 0.15) is 22.5 Å². The van der Waals surface area contributed by atoms with Crippen molar-refractivity contribution < 1.29 is 0 Å². The van der Waals surface area contributed by atoms with Crippen LogP contribution in [0.5, 0.6) is 0 Å². The molecule has 2 N–H and O–H groups in total. The van der Waals surface area contributed by atoms with E-state index in [0.29, 0.717) is 34.4 Å². The fraction of sp³-hybridized carbons (Fsp3) is 0.105. The molecule has 2 aromatic carbocycles. The van der Waals surface area contributed by atoms with Gasteiger partial charge in [-0.05, 0) is 41.5 Å². The summed E-state index contributed by atoms with van der Waals surface area (Å²) in [4.78, 5) is 0. The Bertz CT molecular complexity index is 905. The van der Waals surface area contributed by atoms with Crippen LogP contribution < -0.4 is 5.73 Å². The Balaban J connectivity index is 1.98. The molecule has 0 aliphatic heterocycles. The molecule has 0 aliphatic carbocycles. The molecule has 24 heavy (non-hydrogen) atoms. The zero-order valence-corrected chi connectivity index (χ0v) is 14.3. The van der Waals surface area contributed by atoms with E-state index in [2.05, 4.69) is 6.07 Å². The first-order chi connectivity index (χ1) is 11.6. The van der Waals surface area contributed by atoms with Gasteiger partial charge in [0.25, 0.3) is 0 Å². The number of hydrogen-bond donors (Lipinski definition) is 1. The lowest BCUT2D eigenvalue weighted by atomic mass is 10.1. The largest absolute Gasteiger partial charge is 0.397 e. The van der Waals surface area contributed by atoms with Crippen molar-refractivity contribution in [3.05, 3.63) is 87.2 Å². The number of nitrogen functional groups attached to an aromatic ring is 1. The monoisotopic (exact) mass is 355 g/mol. The molecule has 0 aliphatic rings. The molecule has 5 heteroatoms. The Hall–Kier alpha value is -2.41. The van der Waals surface area contributed by atoms with Crippen molar-refractivity contribution >= 4 is 28.9 Å². The summed E-state index contributed by atoms with van der Waals surface area (Å²) in [6.07, 6.45) is 0.613. The van der Waals surface area contributed by atoms with E-state index in [0.717, 1.165) is 16.8 Å². The van der Waals surface area contributed by atoms with Gasteiger partial charge >= 0.3 is 0 Å². The van der Waals surface area contributed by atoms with E-state index in [-0.39, 0.29) is 0 Å². The number of rotatable bonds is 4. The average Bonchev–Trinajstić information content (AvgIpc) is 2.85. The van der Waals surface area contributed by atoms with Crippen molar-refractivity contribution in [2.75, 3.05) is 5.73 Å². The Morgan fingerprint density at radius 2 is 1.71 bits per heavy atom. The van der Waals surface area contributed by atoms with Crippen LogP contribution in [-0.2, 0) is 13.0 Å². The predicted octanol–water partition coefficient (Wildman–Crippen LogP) is 4.89. The number of hydrogen-bond acceptors (Lipinski definition) is 2. The highest BCUT2D eigenvalue weighted by molar-refractivity contribution is 6.30. The Labute approximate surface area is 150 Å². The fourth-order valence-corrected chi connectivity index (χ4v) is 3.03. The molecule has 1 aromatic heterocycles. The summed E-state index contributed by atoms with van der Waals surface area (Å²) in [6, 6.07) is 19.2. The summed E-state index contributed by atoms with van der Waals surface area (Å²) in [5, 5.41) is 10.8. The minimum atomic E-state index is 0.541. The molecule has 0 unspecified atom stereocenters.